The Kier molecular flexibility index (Phi) is 13.4. The number of hydrogen-bond acceptors (Lipinski definition) is 11. The van der Waals surface area contributed by atoms with E-state index in [0.29, 0.717) is 68.3 Å². The largest absolute Gasteiger partial charge is 0.497 e. The third-order valence-corrected chi connectivity index (χ3v) is 12.0. The number of ether oxygens (including phenoxy) is 1. The second-order valence-corrected chi connectivity index (χ2v) is 16.3. The fourth-order valence-electron chi connectivity index (χ4n) is 7.05. The van der Waals surface area contributed by atoms with Gasteiger partial charge in [-0.2, -0.15) is 8.75 Å². The van der Waals surface area contributed by atoms with Crippen molar-refractivity contribution in [3.05, 3.63) is 148 Å². The highest BCUT2D eigenvalue weighted by molar-refractivity contribution is 7.10. The molecule has 2 aromatic heterocycles. The maximum absolute atomic E-state index is 13.1. The van der Waals surface area contributed by atoms with Gasteiger partial charge in [0.2, 0.25) is 10.3 Å². The summed E-state index contributed by atoms with van der Waals surface area (Å²) in [7, 11) is 1.65. The molecule has 0 bridgehead atoms. The molecule has 59 heavy (non-hydrogen) atoms. The minimum Gasteiger partial charge on any atom is -0.497 e. The number of piperazine rings is 2. The van der Waals surface area contributed by atoms with Gasteiger partial charge in [0.1, 0.15) is 29.0 Å². The standard InChI is InChI=1S/C22H23FN4O2S.C21H20ClFN4OS/c1-15-14-26(10-11-27(15)21(28)17-6-8-18(23)9-7-17)22-24-20(25-30-22)13-16-4-3-5-19(12-16)29-2;1-14-13-26(9-10-27(14)20(28)16-3-2-4-17(22)12-16)21-24-19(25-29-21)11-15-5-7-18(23)8-6-15/h3-9,12,15H,10-11,13-14H2,1-2H3;2-8,12,14H,9-11,13H2,1H3. The Hall–Kier alpha value is -5.51. The van der Waals surface area contributed by atoms with Crippen LogP contribution in [-0.2, 0) is 12.8 Å². The Morgan fingerprint density at radius 1 is 0.678 bits per heavy atom. The van der Waals surface area contributed by atoms with Gasteiger partial charge in [-0.3, -0.25) is 9.59 Å². The molecular weight excluding hydrogens is 814 g/mol. The van der Waals surface area contributed by atoms with Crippen LogP contribution < -0.4 is 14.5 Å². The molecule has 8 rings (SSSR count). The lowest BCUT2D eigenvalue weighted by Crippen LogP contribution is -2.54. The van der Waals surface area contributed by atoms with Crippen molar-refractivity contribution in [2.24, 2.45) is 0 Å². The van der Waals surface area contributed by atoms with Gasteiger partial charge in [-0.15, -0.1) is 0 Å². The van der Waals surface area contributed by atoms with Gasteiger partial charge in [0.05, 0.1) is 7.11 Å². The molecule has 2 atom stereocenters. The third kappa shape index (κ3) is 10.6. The van der Waals surface area contributed by atoms with E-state index in [2.05, 4.69) is 23.5 Å². The highest BCUT2D eigenvalue weighted by Gasteiger charge is 2.31. The molecule has 4 aromatic carbocycles. The molecule has 306 valence electrons. The summed E-state index contributed by atoms with van der Waals surface area (Å²) in [6.45, 7) is 8.01. The molecule has 16 heteroatoms. The second kappa shape index (κ2) is 19.0. The zero-order valence-electron chi connectivity index (χ0n) is 32.8. The molecule has 0 spiro atoms. The number of nitrogens with zero attached hydrogens (tertiary/aromatic N) is 8. The summed E-state index contributed by atoms with van der Waals surface area (Å²) in [5, 5.41) is 2.28. The number of aromatic nitrogens is 4. The van der Waals surface area contributed by atoms with Gasteiger partial charge in [-0.1, -0.05) is 41.9 Å². The maximum Gasteiger partial charge on any atom is 0.254 e. The Labute approximate surface area is 355 Å². The van der Waals surface area contributed by atoms with Crippen molar-refractivity contribution in [2.75, 3.05) is 56.2 Å². The van der Waals surface area contributed by atoms with Gasteiger partial charge in [0.15, 0.2) is 0 Å². The zero-order valence-corrected chi connectivity index (χ0v) is 35.2. The van der Waals surface area contributed by atoms with E-state index in [1.807, 2.05) is 47.9 Å². The van der Waals surface area contributed by atoms with Gasteiger partial charge >= 0.3 is 0 Å². The van der Waals surface area contributed by atoms with E-state index in [1.165, 1.54) is 59.5 Å². The minimum atomic E-state index is -0.342. The first-order valence-electron chi connectivity index (χ1n) is 19.2. The topological polar surface area (TPSA) is 108 Å². The Bertz CT molecular complexity index is 2360. The maximum atomic E-state index is 13.1. The Balaban J connectivity index is 0.000000179. The molecule has 2 aliphatic heterocycles. The van der Waals surface area contributed by atoms with Crippen LogP contribution in [0.5, 0.6) is 5.75 Å². The lowest BCUT2D eigenvalue weighted by Gasteiger charge is -2.39. The molecule has 2 aliphatic rings. The molecule has 2 amide bonds. The highest BCUT2D eigenvalue weighted by atomic mass is 35.5. The van der Waals surface area contributed by atoms with E-state index in [1.54, 1.807) is 43.5 Å². The van der Waals surface area contributed by atoms with Crippen molar-refractivity contribution in [3.8, 4) is 5.75 Å². The first-order valence-corrected chi connectivity index (χ1v) is 21.1. The number of carbonyl (C=O) groups excluding carboxylic acids is 2. The molecule has 0 aliphatic carbocycles. The smallest absolute Gasteiger partial charge is 0.254 e. The van der Waals surface area contributed by atoms with E-state index in [-0.39, 0.29) is 35.5 Å². The predicted octanol–water partition coefficient (Wildman–Crippen LogP) is 7.90. The summed E-state index contributed by atoms with van der Waals surface area (Å²) in [6.07, 6.45) is 1.21. The van der Waals surface area contributed by atoms with E-state index in [9.17, 15) is 18.4 Å². The summed E-state index contributed by atoms with van der Waals surface area (Å²) in [4.78, 5) is 43.0. The van der Waals surface area contributed by atoms with Crippen molar-refractivity contribution in [1.29, 1.82) is 0 Å². The SMILES string of the molecule is CC1CN(c2nc(Cc3ccc(F)cc3)ns2)CCN1C(=O)c1cccc(Cl)c1.COc1cccc(Cc2nsc(N3CCN(C(=O)c4ccc(F)cc4)C(C)C3)n2)c1. The quantitative estimate of drug-likeness (QED) is 0.144. The van der Waals surface area contributed by atoms with Crippen LogP contribution in [-0.4, -0.2) is 98.8 Å². The fourth-order valence-corrected chi connectivity index (χ4v) is 8.68. The molecule has 6 aromatic rings. The number of halogens is 3. The highest BCUT2D eigenvalue weighted by Crippen LogP contribution is 2.26. The number of anilines is 2. The number of rotatable bonds is 9. The molecule has 0 radical (unpaired) electrons. The minimum absolute atomic E-state index is 0.00564. The molecule has 4 heterocycles. The summed E-state index contributed by atoms with van der Waals surface area (Å²) in [5.74, 6) is 1.65. The second-order valence-electron chi connectivity index (χ2n) is 14.4. The average Bonchev–Trinajstić information content (AvgIpc) is 3.92. The van der Waals surface area contributed by atoms with E-state index in [0.717, 1.165) is 38.8 Å². The van der Waals surface area contributed by atoms with Gasteiger partial charge in [0, 0.05) is 103 Å². The van der Waals surface area contributed by atoms with Crippen molar-refractivity contribution < 1.29 is 23.1 Å². The first kappa shape index (κ1) is 41.6. The van der Waals surface area contributed by atoms with Crippen molar-refractivity contribution >= 4 is 56.7 Å². The zero-order chi connectivity index (χ0) is 41.5. The van der Waals surface area contributed by atoms with Crippen molar-refractivity contribution in [3.63, 3.8) is 0 Å². The van der Waals surface area contributed by atoms with Gasteiger partial charge in [-0.05, 0) is 91.7 Å². The molecular formula is C43H43ClF2N8O3S2. The molecule has 2 saturated heterocycles. The predicted molar refractivity (Wildman–Crippen MR) is 228 cm³/mol. The van der Waals surface area contributed by atoms with E-state index < -0.39 is 0 Å². The van der Waals surface area contributed by atoms with Crippen molar-refractivity contribution in [2.45, 2.75) is 38.8 Å². The molecule has 11 nitrogen and oxygen atoms in total. The van der Waals surface area contributed by atoms with Crippen LogP contribution in [0.2, 0.25) is 5.02 Å². The molecule has 0 N–H and O–H groups in total. The fraction of sp³-hybridized carbons (Fsp3) is 0.302. The van der Waals surface area contributed by atoms with Gasteiger partial charge in [-0.25, -0.2) is 18.7 Å². The summed E-state index contributed by atoms with van der Waals surface area (Å²) in [5.41, 5.74) is 3.19. The third-order valence-electron chi connectivity index (χ3n) is 10.2. The lowest BCUT2D eigenvalue weighted by atomic mass is 10.1. The van der Waals surface area contributed by atoms with Crippen LogP contribution >= 0.6 is 34.7 Å². The van der Waals surface area contributed by atoms with Crippen LogP contribution in [0.3, 0.4) is 0 Å². The van der Waals surface area contributed by atoms with Crippen LogP contribution in [0.25, 0.3) is 0 Å². The number of amides is 2. The van der Waals surface area contributed by atoms with E-state index in [4.69, 9.17) is 21.3 Å². The van der Waals surface area contributed by atoms with Crippen molar-refractivity contribution in [1.82, 2.24) is 28.5 Å². The van der Waals surface area contributed by atoms with Gasteiger partial charge in [0.25, 0.3) is 11.8 Å². The monoisotopic (exact) mass is 856 g/mol. The normalized spacial score (nSPS) is 16.7. The molecule has 0 saturated carbocycles. The van der Waals surface area contributed by atoms with Crippen LogP contribution in [0, 0.1) is 11.6 Å². The van der Waals surface area contributed by atoms with Crippen LogP contribution in [0.4, 0.5) is 19.0 Å². The number of hydrogen-bond donors (Lipinski definition) is 0. The number of benzene rings is 4. The lowest BCUT2D eigenvalue weighted by molar-refractivity contribution is 0.0666. The number of carbonyl (C=O) groups is 2. The number of methoxy groups -OCH3 is 1. The summed E-state index contributed by atoms with van der Waals surface area (Å²) in [6, 6.07) is 27.1. The Morgan fingerprint density at radius 2 is 1.20 bits per heavy atom. The van der Waals surface area contributed by atoms with E-state index >= 15 is 0 Å². The summed E-state index contributed by atoms with van der Waals surface area (Å²) >= 11 is 8.77. The molecule has 2 unspecified atom stereocenters. The average molecular weight is 857 g/mol. The summed E-state index contributed by atoms with van der Waals surface area (Å²) < 4.78 is 40.4. The van der Waals surface area contributed by atoms with Crippen LogP contribution in [0.15, 0.2) is 97.1 Å². The van der Waals surface area contributed by atoms with Gasteiger partial charge < -0.3 is 24.3 Å². The van der Waals surface area contributed by atoms with Crippen LogP contribution in [0.1, 0.15) is 57.3 Å². The Morgan fingerprint density at radius 3 is 1.75 bits per heavy atom. The molecule has 2 fully saturated rings. The first-order chi connectivity index (χ1) is 28.5.